The molecule has 1 unspecified atom stereocenters. The molecule has 31 heavy (non-hydrogen) atoms. The summed E-state index contributed by atoms with van der Waals surface area (Å²) >= 11 is 0. The van der Waals surface area contributed by atoms with Gasteiger partial charge in [0.25, 0.3) is 0 Å². The van der Waals surface area contributed by atoms with Crippen molar-refractivity contribution < 1.29 is 9.84 Å². The Balaban J connectivity index is 1.86. The fourth-order valence-corrected chi connectivity index (χ4v) is 3.69. The summed E-state index contributed by atoms with van der Waals surface area (Å²) in [5.41, 5.74) is 4.92. The summed E-state index contributed by atoms with van der Waals surface area (Å²) in [6.07, 6.45) is 5.90. The summed E-state index contributed by atoms with van der Waals surface area (Å²) < 4.78 is 6.32. The number of phenols is 1. The van der Waals surface area contributed by atoms with Gasteiger partial charge in [-0.1, -0.05) is 60.7 Å². The molecule has 160 valence electrons. The van der Waals surface area contributed by atoms with E-state index in [-0.39, 0.29) is 6.10 Å². The van der Waals surface area contributed by atoms with Gasteiger partial charge in [0.1, 0.15) is 17.6 Å². The SMILES string of the molecule is C=CCc1cc(CC=C)c(O)c(-c2ccc(OC(CCNC)c3ccccc3)cc2)c1. The van der Waals surface area contributed by atoms with Crippen molar-refractivity contribution >= 4 is 0 Å². The minimum Gasteiger partial charge on any atom is -0.507 e. The fraction of sp³-hybridized carbons (Fsp3) is 0.214. The predicted molar refractivity (Wildman–Crippen MR) is 130 cm³/mol. The Labute approximate surface area is 185 Å². The molecule has 3 nitrogen and oxygen atoms in total. The van der Waals surface area contributed by atoms with Crippen molar-refractivity contribution in [3.05, 3.63) is 109 Å². The Morgan fingerprint density at radius 2 is 1.68 bits per heavy atom. The van der Waals surface area contributed by atoms with E-state index in [9.17, 15) is 5.11 Å². The molecule has 0 aromatic heterocycles. The number of hydrogen-bond donors (Lipinski definition) is 2. The third-order valence-electron chi connectivity index (χ3n) is 5.26. The van der Waals surface area contributed by atoms with Crippen molar-refractivity contribution in [2.75, 3.05) is 13.6 Å². The molecule has 0 aliphatic carbocycles. The molecule has 1 atom stereocenters. The molecule has 0 heterocycles. The summed E-state index contributed by atoms with van der Waals surface area (Å²) in [7, 11) is 1.95. The summed E-state index contributed by atoms with van der Waals surface area (Å²) in [4.78, 5) is 0. The molecule has 0 spiro atoms. The van der Waals surface area contributed by atoms with Gasteiger partial charge in [0.05, 0.1) is 0 Å². The van der Waals surface area contributed by atoms with E-state index in [2.05, 4.69) is 30.6 Å². The molecule has 3 heteroatoms. The van der Waals surface area contributed by atoms with E-state index in [1.807, 2.05) is 73.8 Å². The largest absolute Gasteiger partial charge is 0.507 e. The van der Waals surface area contributed by atoms with Gasteiger partial charge in [-0.3, -0.25) is 0 Å². The maximum atomic E-state index is 10.8. The Hall–Kier alpha value is -3.30. The van der Waals surface area contributed by atoms with Crippen molar-refractivity contribution in [2.45, 2.75) is 25.4 Å². The van der Waals surface area contributed by atoms with Gasteiger partial charge in [-0.25, -0.2) is 0 Å². The highest BCUT2D eigenvalue weighted by Crippen LogP contribution is 2.36. The average Bonchev–Trinajstić information content (AvgIpc) is 2.80. The topological polar surface area (TPSA) is 41.5 Å². The molecule has 0 amide bonds. The molecule has 0 radical (unpaired) electrons. The second-order valence-corrected chi connectivity index (χ2v) is 7.57. The zero-order valence-electron chi connectivity index (χ0n) is 18.2. The lowest BCUT2D eigenvalue weighted by Crippen LogP contribution is -2.16. The Morgan fingerprint density at radius 1 is 0.968 bits per heavy atom. The van der Waals surface area contributed by atoms with Crippen molar-refractivity contribution in [3.63, 3.8) is 0 Å². The van der Waals surface area contributed by atoms with Gasteiger partial charge in [0.2, 0.25) is 0 Å². The van der Waals surface area contributed by atoms with E-state index in [0.29, 0.717) is 12.2 Å². The first kappa shape index (κ1) is 22.4. The van der Waals surface area contributed by atoms with E-state index in [1.165, 1.54) is 0 Å². The highest BCUT2D eigenvalue weighted by molar-refractivity contribution is 5.73. The Morgan fingerprint density at radius 3 is 2.32 bits per heavy atom. The van der Waals surface area contributed by atoms with E-state index in [1.54, 1.807) is 0 Å². The van der Waals surface area contributed by atoms with Crippen LogP contribution in [0.2, 0.25) is 0 Å². The first-order valence-corrected chi connectivity index (χ1v) is 10.7. The van der Waals surface area contributed by atoms with Crippen molar-refractivity contribution in [1.82, 2.24) is 5.32 Å². The van der Waals surface area contributed by atoms with Crippen LogP contribution in [0.1, 0.15) is 29.2 Å². The van der Waals surface area contributed by atoms with Gasteiger partial charge in [-0.05, 0) is 66.9 Å². The van der Waals surface area contributed by atoms with Crippen LogP contribution >= 0.6 is 0 Å². The molecule has 3 aromatic carbocycles. The highest BCUT2D eigenvalue weighted by Gasteiger charge is 2.14. The van der Waals surface area contributed by atoms with E-state index < -0.39 is 0 Å². The van der Waals surface area contributed by atoms with Crippen LogP contribution in [0.3, 0.4) is 0 Å². The molecule has 0 saturated heterocycles. The lowest BCUT2D eigenvalue weighted by Gasteiger charge is -2.20. The molecule has 0 bridgehead atoms. The minimum atomic E-state index is -0.0250. The molecular formula is C28H31NO2. The van der Waals surface area contributed by atoms with Gasteiger partial charge in [0, 0.05) is 12.0 Å². The molecule has 2 N–H and O–H groups in total. The van der Waals surface area contributed by atoms with Crippen molar-refractivity contribution in [3.8, 4) is 22.6 Å². The Kier molecular flexibility index (Phi) is 8.08. The summed E-state index contributed by atoms with van der Waals surface area (Å²) in [6.45, 7) is 8.52. The van der Waals surface area contributed by atoms with Gasteiger partial charge in [-0.2, -0.15) is 0 Å². The van der Waals surface area contributed by atoms with Crippen LogP contribution < -0.4 is 10.1 Å². The third kappa shape index (κ3) is 5.87. The normalized spacial score (nSPS) is 11.6. The van der Waals surface area contributed by atoms with Crippen molar-refractivity contribution in [2.24, 2.45) is 0 Å². The second kappa shape index (κ2) is 11.2. The zero-order chi connectivity index (χ0) is 22.1. The molecule has 3 rings (SSSR count). The molecule has 3 aromatic rings. The van der Waals surface area contributed by atoms with Crippen LogP contribution in [0.4, 0.5) is 0 Å². The molecule has 0 fully saturated rings. The van der Waals surface area contributed by atoms with E-state index in [4.69, 9.17) is 4.74 Å². The Bertz CT molecular complexity index is 994. The van der Waals surface area contributed by atoms with Crippen LogP contribution in [0.5, 0.6) is 11.5 Å². The number of benzene rings is 3. The summed E-state index contributed by atoms with van der Waals surface area (Å²) in [5.74, 6) is 1.11. The molecule has 0 aliphatic heterocycles. The smallest absolute Gasteiger partial charge is 0.126 e. The lowest BCUT2D eigenvalue weighted by atomic mass is 9.95. The number of nitrogens with one attached hydrogen (secondary N) is 1. The molecule has 0 saturated carbocycles. The van der Waals surface area contributed by atoms with Crippen LogP contribution in [0.15, 0.2) is 92.0 Å². The number of rotatable bonds is 11. The van der Waals surface area contributed by atoms with Gasteiger partial charge in [0.15, 0.2) is 0 Å². The highest BCUT2D eigenvalue weighted by atomic mass is 16.5. The van der Waals surface area contributed by atoms with E-state index >= 15 is 0 Å². The first-order valence-electron chi connectivity index (χ1n) is 10.7. The number of phenolic OH excluding ortho intramolecular Hbond substituents is 1. The van der Waals surface area contributed by atoms with Crippen LogP contribution in [-0.2, 0) is 12.8 Å². The van der Waals surface area contributed by atoms with E-state index in [0.717, 1.165) is 53.0 Å². The minimum absolute atomic E-state index is 0.0250. The maximum Gasteiger partial charge on any atom is 0.126 e. The van der Waals surface area contributed by atoms with Crippen molar-refractivity contribution in [1.29, 1.82) is 0 Å². The van der Waals surface area contributed by atoms with Gasteiger partial charge in [-0.15, -0.1) is 13.2 Å². The quantitative estimate of drug-likeness (QED) is 0.365. The second-order valence-electron chi connectivity index (χ2n) is 7.57. The maximum absolute atomic E-state index is 10.8. The number of aromatic hydroxyl groups is 1. The van der Waals surface area contributed by atoms with Crippen LogP contribution in [0.25, 0.3) is 11.1 Å². The zero-order valence-corrected chi connectivity index (χ0v) is 18.2. The number of ether oxygens (including phenoxy) is 1. The van der Waals surface area contributed by atoms with Crippen LogP contribution in [0, 0.1) is 0 Å². The molecule has 0 aliphatic rings. The lowest BCUT2D eigenvalue weighted by molar-refractivity contribution is 0.195. The monoisotopic (exact) mass is 413 g/mol. The predicted octanol–water partition coefficient (Wildman–Crippen LogP) is 6.25. The summed E-state index contributed by atoms with van der Waals surface area (Å²) in [6, 6.07) is 22.3. The van der Waals surface area contributed by atoms with Crippen LogP contribution in [-0.4, -0.2) is 18.7 Å². The number of allylic oxidation sites excluding steroid dienone is 2. The fourth-order valence-electron chi connectivity index (χ4n) is 3.69. The number of hydrogen-bond acceptors (Lipinski definition) is 3. The first-order chi connectivity index (χ1) is 15.2. The average molecular weight is 414 g/mol. The standard InChI is InChI=1S/C28H31NO2/c1-4-9-21-19-24(10-5-2)28(30)26(20-21)22-13-15-25(16-14-22)31-27(17-18-29-3)23-11-7-6-8-12-23/h4-8,11-16,19-20,27,29-30H,1-2,9-10,17-18H2,3H3. The summed E-state index contributed by atoms with van der Waals surface area (Å²) in [5, 5.41) is 14.0. The van der Waals surface area contributed by atoms with Gasteiger partial charge < -0.3 is 15.2 Å². The third-order valence-corrected chi connectivity index (χ3v) is 5.26. The molecular weight excluding hydrogens is 382 g/mol. The van der Waals surface area contributed by atoms with Gasteiger partial charge >= 0.3 is 0 Å².